The summed E-state index contributed by atoms with van der Waals surface area (Å²) in [7, 11) is 0. The van der Waals surface area contributed by atoms with Crippen molar-refractivity contribution in [1.29, 1.82) is 0 Å². The fourth-order valence-electron chi connectivity index (χ4n) is 4.20. The molecule has 1 aliphatic carbocycles. The van der Waals surface area contributed by atoms with Gasteiger partial charge in [0.15, 0.2) is 0 Å². The minimum absolute atomic E-state index is 0.0507. The van der Waals surface area contributed by atoms with Crippen LogP contribution in [-0.4, -0.2) is 34.3 Å². The predicted octanol–water partition coefficient (Wildman–Crippen LogP) is 5.86. The molecule has 0 aromatic heterocycles. The zero-order chi connectivity index (χ0) is 20.7. The minimum Gasteiger partial charge on any atom is -0.410 e. The van der Waals surface area contributed by atoms with Crippen molar-refractivity contribution in [2.75, 3.05) is 0 Å². The van der Waals surface area contributed by atoms with E-state index < -0.39 is 6.10 Å². The SMILES string of the molecule is CC(C)N(C(=O)O/C(=C\[C@H](C)[C@H](O)C1CCCCC1)c1ccccc1)C(C)C. The van der Waals surface area contributed by atoms with Gasteiger partial charge in [0.25, 0.3) is 0 Å². The first-order valence-corrected chi connectivity index (χ1v) is 10.8. The van der Waals surface area contributed by atoms with Crippen LogP contribution >= 0.6 is 0 Å². The molecule has 156 valence electrons. The van der Waals surface area contributed by atoms with Gasteiger partial charge in [0.2, 0.25) is 0 Å². The Labute approximate surface area is 170 Å². The lowest BCUT2D eigenvalue weighted by atomic mass is 9.80. The third-order valence-electron chi connectivity index (χ3n) is 5.66. The second-order valence-corrected chi connectivity index (χ2v) is 8.61. The van der Waals surface area contributed by atoms with Gasteiger partial charge in [-0.2, -0.15) is 0 Å². The molecule has 0 heterocycles. The topological polar surface area (TPSA) is 49.8 Å². The molecule has 4 nitrogen and oxygen atoms in total. The van der Waals surface area contributed by atoms with Crippen LogP contribution in [-0.2, 0) is 4.74 Å². The van der Waals surface area contributed by atoms with Gasteiger partial charge < -0.3 is 14.7 Å². The average molecular weight is 388 g/mol. The molecule has 1 N–H and O–H groups in total. The highest BCUT2D eigenvalue weighted by molar-refractivity contribution is 5.77. The van der Waals surface area contributed by atoms with Gasteiger partial charge in [0, 0.05) is 23.6 Å². The Balaban J connectivity index is 2.24. The van der Waals surface area contributed by atoms with Crippen molar-refractivity contribution >= 4 is 11.9 Å². The van der Waals surface area contributed by atoms with Gasteiger partial charge in [-0.25, -0.2) is 4.79 Å². The van der Waals surface area contributed by atoms with Crippen molar-refractivity contribution in [3.8, 4) is 0 Å². The highest BCUT2D eigenvalue weighted by atomic mass is 16.6. The highest BCUT2D eigenvalue weighted by Crippen LogP contribution is 2.31. The fourth-order valence-corrected chi connectivity index (χ4v) is 4.20. The van der Waals surface area contributed by atoms with E-state index in [9.17, 15) is 9.90 Å². The summed E-state index contributed by atoms with van der Waals surface area (Å²) in [5.41, 5.74) is 0.853. The van der Waals surface area contributed by atoms with Crippen LogP contribution in [0, 0.1) is 11.8 Å². The molecule has 0 aliphatic heterocycles. The van der Waals surface area contributed by atoms with Crippen molar-refractivity contribution in [3.05, 3.63) is 42.0 Å². The number of hydrogen-bond donors (Lipinski definition) is 1. The number of rotatable bonds is 7. The number of benzene rings is 1. The monoisotopic (exact) mass is 387 g/mol. The van der Waals surface area contributed by atoms with Crippen molar-refractivity contribution < 1.29 is 14.6 Å². The van der Waals surface area contributed by atoms with Gasteiger partial charge in [-0.05, 0) is 52.5 Å². The number of hydrogen-bond acceptors (Lipinski definition) is 3. The lowest BCUT2D eigenvalue weighted by Crippen LogP contribution is -2.42. The highest BCUT2D eigenvalue weighted by Gasteiger charge is 2.27. The molecule has 0 unspecified atom stereocenters. The Morgan fingerprint density at radius 2 is 1.61 bits per heavy atom. The lowest BCUT2D eigenvalue weighted by molar-refractivity contribution is 0.0550. The molecule has 28 heavy (non-hydrogen) atoms. The molecule has 2 atom stereocenters. The third kappa shape index (κ3) is 6.10. The van der Waals surface area contributed by atoms with Gasteiger partial charge >= 0.3 is 6.09 Å². The zero-order valence-electron chi connectivity index (χ0n) is 18.1. The maximum atomic E-state index is 12.9. The van der Waals surface area contributed by atoms with Crippen LogP contribution in [0.1, 0.15) is 72.3 Å². The molecule has 0 radical (unpaired) electrons. The summed E-state index contributed by atoms with van der Waals surface area (Å²) in [6.07, 6.45) is 6.96. The molecular weight excluding hydrogens is 350 g/mol. The molecule has 0 spiro atoms. The molecule has 0 bridgehead atoms. The maximum Gasteiger partial charge on any atom is 0.415 e. The van der Waals surface area contributed by atoms with Crippen LogP contribution in [0.3, 0.4) is 0 Å². The van der Waals surface area contributed by atoms with Gasteiger partial charge in [0.1, 0.15) is 5.76 Å². The van der Waals surface area contributed by atoms with Crippen LogP contribution in [0.4, 0.5) is 4.79 Å². The van der Waals surface area contributed by atoms with Crippen molar-refractivity contribution in [2.24, 2.45) is 11.8 Å². The standard InChI is InChI=1S/C24H37NO3/c1-17(2)25(18(3)4)24(27)28-22(20-12-8-6-9-13-20)16-19(5)23(26)21-14-10-7-11-15-21/h6,8-9,12-13,16-19,21,23,26H,7,10-11,14-15H2,1-5H3/b22-16-/t19-,23-/m0/s1. The molecule has 1 aromatic rings. The number of nitrogens with zero attached hydrogens (tertiary/aromatic N) is 1. The Bertz CT molecular complexity index is 625. The number of aliphatic hydroxyl groups is 1. The van der Waals surface area contributed by atoms with Gasteiger partial charge in [-0.1, -0.05) is 56.5 Å². The third-order valence-corrected chi connectivity index (χ3v) is 5.66. The molecule has 1 aromatic carbocycles. The molecule has 1 saturated carbocycles. The molecule has 0 saturated heterocycles. The Hall–Kier alpha value is -1.81. The van der Waals surface area contributed by atoms with E-state index >= 15 is 0 Å². The van der Waals surface area contributed by atoms with Crippen LogP contribution < -0.4 is 0 Å². The number of amides is 1. The quantitative estimate of drug-likeness (QED) is 0.596. The molecule has 4 heteroatoms. The zero-order valence-corrected chi connectivity index (χ0v) is 18.1. The minimum atomic E-state index is -0.413. The van der Waals surface area contributed by atoms with Crippen molar-refractivity contribution in [3.63, 3.8) is 0 Å². The molecule has 2 rings (SSSR count). The number of carbonyl (C=O) groups is 1. The predicted molar refractivity (Wildman–Crippen MR) is 115 cm³/mol. The summed E-state index contributed by atoms with van der Waals surface area (Å²) in [6, 6.07) is 9.79. The van der Waals surface area contributed by atoms with Crippen molar-refractivity contribution in [2.45, 2.75) is 84.9 Å². The van der Waals surface area contributed by atoms with Gasteiger partial charge in [-0.3, -0.25) is 0 Å². The number of aliphatic hydroxyl groups excluding tert-OH is 1. The van der Waals surface area contributed by atoms with Gasteiger partial charge in [0.05, 0.1) is 6.10 Å². The summed E-state index contributed by atoms with van der Waals surface area (Å²) >= 11 is 0. The van der Waals surface area contributed by atoms with E-state index in [0.29, 0.717) is 11.7 Å². The van der Waals surface area contributed by atoms with E-state index in [1.54, 1.807) is 4.90 Å². The number of carbonyl (C=O) groups excluding carboxylic acids is 1. The lowest BCUT2D eigenvalue weighted by Gasteiger charge is -2.31. The average Bonchev–Trinajstić information content (AvgIpc) is 2.67. The fraction of sp³-hybridized carbons (Fsp3) is 0.625. The normalized spacial score (nSPS) is 18.2. The van der Waals surface area contributed by atoms with Crippen LogP contribution in [0.5, 0.6) is 0 Å². The van der Waals surface area contributed by atoms with Crippen LogP contribution in [0.15, 0.2) is 36.4 Å². The van der Waals surface area contributed by atoms with Crippen LogP contribution in [0.2, 0.25) is 0 Å². The van der Waals surface area contributed by atoms with E-state index in [1.165, 1.54) is 19.3 Å². The molecule has 1 amide bonds. The second kappa shape index (κ2) is 10.7. The Morgan fingerprint density at radius 3 is 2.14 bits per heavy atom. The largest absolute Gasteiger partial charge is 0.415 e. The first-order valence-electron chi connectivity index (χ1n) is 10.8. The second-order valence-electron chi connectivity index (χ2n) is 8.61. The smallest absolute Gasteiger partial charge is 0.410 e. The molecule has 1 fully saturated rings. The molecule has 1 aliphatic rings. The molecular formula is C24H37NO3. The summed E-state index contributed by atoms with van der Waals surface area (Å²) in [5, 5.41) is 10.9. The summed E-state index contributed by atoms with van der Waals surface area (Å²) < 4.78 is 5.87. The summed E-state index contributed by atoms with van der Waals surface area (Å²) in [4.78, 5) is 14.6. The first-order chi connectivity index (χ1) is 13.3. The Kier molecular flexibility index (Phi) is 8.56. The number of ether oxygens (including phenoxy) is 1. The maximum absolute atomic E-state index is 12.9. The van der Waals surface area contributed by atoms with E-state index in [1.807, 2.05) is 71.0 Å². The van der Waals surface area contributed by atoms with Crippen molar-refractivity contribution in [1.82, 2.24) is 4.90 Å². The summed E-state index contributed by atoms with van der Waals surface area (Å²) in [6.45, 7) is 9.97. The van der Waals surface area contributed by atoms with Gasteiger partial charge in [-0.15, -0.1) is 0 Å². The first kappa shape index (κ1) is 22.5. The van der Waals surface area contributed by atoms with Crippen LogP contribution in [0.25, 0.3) is 5.76 Å². The van der Waals surface area contributed by atoms with E-state index in [4.69, 9.17) is 4.74 Å². The summed E-state index contributed by atoms with van der Waals surface area (Å²) in [5.74, 6) is 0.771. The Morgan fingerprint density at radius 1 is 1.04 bits per heavy atom. The van der Waals surface area contributed by atoms with E-state index in [2.05, 4.69) is 0 Å². The van der Waals surface area contributed by atoms with E-state index in [0.717, 1.165) is 18.4 Å². The van der Waals surface area contributed by atoms with E-state index in [-0.39, 0.29) is 24.1 Å².